The molecule has 19 heavy (non-hydrogen) atoms. The molecular formula is C15H14BrClFN. The summed E-state index contributed by atoms with van der Waals surface area (Å²) in [6.07, 6.45) is 0.690. The molecule has 1 unspecified atom stereocenters. The van der Waals surface area contributed by atoms with E-state index < -0.39 is 0 Å². The predicted octanol–water partition coefficient (Wildman–Crippen LogP) is 4.74. The predicted molar refractivity (Wildman–Crippen MR) is 81.1 cm³/mol. The minimum atomic E-state index is -0.240. The molecule has 0 aliphatic rings. The van der Waals surface area contributed by atoms with Crippen molar-refractivity contribution in [1.82, 2.24) is 5.32 Å². The zero-order valence-corrected chi connectivity index (χ0v) is 12.8. The maximum atomic E-state index is 13.9. The van der Waals surface area contributed by atoms with Crippen LogP contribution in [0, 0.1) is 5.82 Å². The SMILES string of the molecule is CNC(Cc1ccccc1Br)c1cc(Cl)ccc1F. The number of rotatable bonds is 4. The average Bonchev–Trinajstić information content (AvgIpc) is 2.41. The van der Waals surface area contributed by atoms with Crippen LogP contribution in [-0.2, 0) is 6.42 Å². The standard InChI is InChI=1S/C15H14BrClFN/c1-19-15(8-10-4-2-3-5-13(10)16)12-9-11(17)6-7-14(12)18/h2-7,9,15,19H,8H2,1H3. The van der Waals surface area contributed by atoms with E-state index in [9.17, 15) is 4.39 Å². The van der Waals surface area contributed by atoms with E-state index in [0.29, 0.717) is 17.0 Å². The molecule has 2 aromatic rings. The van der Waals surface area contributed by atoms with E-state index in [0.717, 1.165) is 10.0 Å². The minimum absolute atomic E-state index is 0.114. The van der Waals surface area contributed by atoms with Crippen LogP contribution in [0.4, 0.5) is 4.39 Å². The Labute approximate surface area is 125 Å². The first-order valence-corrected chi connectivity index (χ1v) is 7.14. The third kappa shape index (κ3) is 3.56. The third-order valence-electron chi connectivity index (χ3n) is 3.06. The summed E-state index contributed by atoms with van der Waals surface area (Å²) in [5, 5.41) is 3.69. The van der Waals surface area contributed by atoms with E-state index in [-0.39, 0.29) is 11.9 Å². The smallest absolute Gasteiger partial charge is 0.128 e. The topological polar surface area (TPSA) is 12.0 Å². The number of likely N-dealkylation sites (N-methyl/N-ethyl adjacent to an activating group) is 1. The van der Waals surface area contributed by atoms with Crippen molar-refractivity contribution in [2.24, 2.45) is 0 Å². The molecule has 0 amide bonds. The van der Waals surface area contributed by atoms with Crippen LogP contribution in [0.15, 0.2) is 46.9 Å². The lowest BCUT2D eigenvalue weighted by Crippen LogP contribution is -2.20. The molecule has 0 spiro atoms. The van der Waals surface area contributed by atoms with Crippen molar-refractivity contribution in [1.29, 1.82) is 0 Å². The van der Waals surface area contributed by atoms with Crippen molar-refractivity contribution in [3.63, 3.8) is 0 Å². The van der Waals surface area contributed by atoms with E-state index in [2.05, 4.69) is 21.2 Å². The molecule has 1 nitrogen and oxygen atoms in total. The van der Waals surface area contributed by atoms with E-state index in [1.807, 2.05) is 31.3 Å². The van der Waals surface area contributed by atoms with Crippen molar-refractivity contribution in [2.45, 2.75) is 12.5 Å². The summed E-state index contributed by atoms with van der Waals surface area (Å²) in [7, 11) is 1.82. The zero-order chi connectivity index (χ0) is 13.8. The first kappa shape index (κ1) is 14.5. The Bertz CT molecular complexity index is 574. The van der Waals surface area contributed by atoms with Gasteiger partial charge in [0.2, 0.25) is 0 Å². The molecule has 0 saturated carbocycles. The van der Waals surface area contributed by atoms with Crippen molar-refractivity contribution in [3.8, 4) is 0 Å². The first-order valence-electron chi connectivity index (χ1n) is 5.97. The maximum Gasteiger partial charge on any atom is 0.128 e. The molecule has 0 saturated heterocycles. The van der Waals surface area contributed by atoms with Gasteiger partial charge < -0.3 is 5.32 Å². The number of benzene rings is 2. The second-order valence-electron chi connectivity index (χ2n) is 4.30. The molecule has 4 heteroatoms. The van der Waals surface area contributed by atoms with Crippen LogP contribution >= 0.6 is 27.5 Å². The van der Waals surface area contributed by atoms with E-state index in [4.69, 9.17) is 11.6 Å². The van der Waals surface area contributed by atoms with Gasteiger partial charge in [0.1, 0.15) is 5.82 Å². The fraction of sp³-hybridized carbons (Fsp3) is 0.200. The second-order valence-corrected chi connectivity index (χ2v) is 5.59. The van der Waals surface area contributed by atoms with Crippen molar-refractivity contribution >= 4 is 27.5 Å². The molecule has 0 fully saturated rings. The van der Waals surface area contributed by atoms with Crippen LogP contribution in [0.3, 0.4) is 0 Å². The van der Waals surface area contributed by atoms with Crippen molar-refractivity contribution in [2.75, 3.05) is 7.05 Å². The number of halogens is 3. The lowest BCUT2D eigenvalue weighted by molar-refractivity contribution is 0.533. The van der Waals surface area contributed by atoms with Gasteiger partial charge in [-0.05, 0) is 43.3 Å². The summed E-state index contributed by atoms with van der Waals surface area (Å²) in [6, 6.07) is 12.5. The molecule has 0 heterocycles. The number of hydrogen-bond donors (Lipinski definition) is 1. The third-order valence-corrected chi connectivity index (χ3v) is 4.07. The Hall–Kier alpha value is -0.900. The summed E-state index contributed by atoms with van der Waals surface area (Å²) >= 11 is 9.46. The summed E-state index contributed by atoms with van der Waals surface area (Å²) in [5.41, 5.74) is 1.71. The largest absolute Gasteiger partial charge is 0.313 e. The highest BCUT2D eigenvalue weighted by Gasteiger charge is 2.16. The van der Waals surface area contributed by atoms with Crippen molar-refractivity contribution < 1.29 is 4.39 Å². The Kier molecular flexibility index (Phi) is 4.97. The molecule has 100 valence electrons. The van der Waals surface area contributed by atoms with Gasteiger partial charge in [0.05, 0.1) is 0 Å². The van der Waals surface area contributed by atoms with Crippen LogP contribution in [0.2, 0.25) is 5.02 Å². The van der Waals surface area contributed by atoms with Crippen LogP contribution < -0.4 is 5.32 Å². The molecular weight excluding hydrogens is 329 g/mol. The number of nitrogens with one attached hydrogen (secondary N) is 1. The van der Waals surface area contributed by atoms with Crippen LogP contribution in [0.5, 0.6) is 0 Å². The molecule has 1 atom stereocenters. The molecule has 0 bridgehead atoms. The normalized spacial score (nSPS) is 12.4. The zero-order valence-electron chi connectivity index (χ0n) is 10.5. The molecule has 0 aliphatic carbocycles. The molecule has 2 rings (SSSR count). The highest BCUT2D eigenvalue weighted by molar-refractivity contribution is 9.10. The maximum absolute atomic E-state index is 13.9. The van der Waals surface area contributed by atoms with E-state index in [1.54, 1.807) is 12.1 Å². The van der Waals surface area contributed by atoms with Gasteiger partial charge in [0, 0.05) is 21.1 Å². The summed E-state index contributed by atoms with van der Waals surface area (Å²) < 4.78 is 14.9. The Morgan fingerprint density at radius 3 is 2.68 bits per heavy atom. The lowest BCUT2D eigenvalue weighted by Gasteiger charge is -2.18. The summed E-state index contributed by atoms with van der Waals surface area (Å²) in [5.74, 6) is -0.240. The number of hydrogen-bond acceptors (Lipinski definition) is 1. The monoisotopic (exact) mass is 341 g/mol. The van der Waals surface area contributed by atoms with E-state index >= 15 is 0 Å². The Balaban J connectivity index is 2.30. The fourth-order valence-corrected chi connectivity index (χ4v) is 2.66. The van der Waals surface area contributed by atoms with Crippen molar-refractivity contribution in [3.05, 3.63) is 68.9 Å². The van der Waals surface area contributed by atoms with Gasteiger partial charge >= 0.3 is 0 Å². The molecule has 0 aliphatic heterocycles. The van der Waals surface area contributed by atoms with Gasteiger partial charge in [-0.1, -0.05) is 45.7 Å². The Morgan fingerprint density at radius 1 is 1.26 bits per heavy atom. The second kappa shape index (κ2) is 6.51. The van der Waals surface area contributed by atoms with Gasteiger partial charge in [-0.25, -0.2) is 4.39 Å². The molecule has 0 aromatic heterocycles. The van der Waals surface area contributed by atoms with Gasteiger partial charge in [-0.15, -0.1) is 0 Å². The van der Waals surface area contributed by atoms with Crippen LogP contribution in [0.1, 0.15) is 17.2 Å². The van der Waals surface area contributed by atoms with Gasteiger partial charge in [0.25, 0.3) is 0 Å². The summed E-state index contributed by atoms with van der Waals surface area (Å²) in [6.45, 7) is 0. The first-order chi connectivity index (χ1) is 9.11. The van der Waals surface area contributed by atoms with Gasteiger partial charge in [0.15, 0.2) is 0 Å². The average molecular weight is 343 g/mol. The fourth-order valence-electron chi connectivity index (χ4n) is 2.03. The molecule has 0 radical (unpaired) electrons. The van der Waals surface area contributed by atoms with Gasteiger partial charge in [-0.3, -0.25) is 0 Å². The lowest BCUT2D eigenvalue weighted by atomic mass is 9.98. The highest BCUT2D eigenvalue weighted by Crippen LogP contribution is 2.27. The molecule has 1 N–H and O–H groups in total. The van der Waals surface area contributed by atoms with Crippen LogP contribution in [-0.4, -0.2) is 7.05 Å². The van der Waals surface area contributed by atoms with E-state index in [1.165, 1.54) is 6.07 Å². The minimum Gasteiger partial charge on any atom is -0.313 e. The van der Waals surface area contributed by atoms with Crippen LogP contribution in [0.25, 0.3) is 0 Å². The Morgan fingerprint density at radius 2 is 2.00 bits per heavy atom. The summed E-state index contributed by atoms with van der Waals surface area (Å²) in [4.78, 5) is 0. The van der Waals surface area contributed by atoms with Gasteiger partial charge in [-0.2, -0.15) is 0 Å². The highest BCUT2D eigenvalue weighted by atomic mass is 79.9. The quantitative estimate of drug-likeness (QED) is 0.846. The molecule has 2 aromatic carbocycles.